The molecule has 1 aromatic carbocycles. The van der Waals surface area contributed by atoms with Crippen molar-refractivity contribution in [3.05, 3.63) is 29.3 Å². The second-order valence-electron chi connectivity index (χ2n) is 6.94. The van der Waals surface area contributed by atoms with Crippen molar-refractivity contribution in [3.8, 4) is 5.75 Å². The largest absolute Gasteiger partial charge is 0.496 e. The van der Waals surface area contributed by atoms with Gasteiger partial charge < -0.3 is 14.2 Å². The zero-order chi connectivity index (χ0) is 17.5. The summed E-state index contributed by atoms with van der Waals surface area (Å²) in [6.45, 7) is 10.9. The summed E-state index contributed by atoms with van der Waals surface area (Å²) in [5.74, 6) is 0.918. The van der Waals surface area contributed by atoms with Gasteiger partial charge in [0.15, 0.2) is 0 Å². The first-order valence-corrected chi connectivity index (χ1v) is 9.58. The molecule has 0 N–H and O–H groups in total. The molecule has 5 nitrogen and oxygen atoms in total. The number of rotatable bonds is 7. The van der Waals surface area contributed by atoms with Crippen molar-refractivity contribution in [2.45, 2.75) is 39.0 Å². The fraction of sp³-hybridized carbons (Fsp3) is 0.700. The number of piperazine rings is 1. The number of methoxy groups -OCH3 is 1. The lowest BCUT2D eigenvalue weighted by molar-refractivity contribution is 0.0126. The van der Waals surface area contributed by atoms with Crippen molar-refractivity contribution in [2.24, 2.45) is 0 Å². The minimum absolute atomic E-state index is 0.616. The number of hydrogen-bond donors (Lipinski definition) is 0. The molecule has 0 aliphatic carbocycles. The second-order valence-corrected chi connectivity index (χ2v) is 6.94. The van der Waals surface area contributed by atoms with Crippen LogP contribution in [-0.2, 0) is 22.6 Å². The van der Waals surface area contributed by atoms with Crippen LogP contribution in [0.1, 0.15) is 30.9 Å². The lowest BCUT2D eigenvalue weighted by Gasteiger charge is -2.40. The van der Waals surface area contributed by atoms with Crippen molar-refractivity contribution in [1.82, 2.24) is 9.80 Å². The van der Waals surface area contributed by atoms with Crippen molar-refractivity contribution in [3.63, 3.8) is 0 Å². The van der Waals surface area contributed by atoms with Crippen LogP contribution in [-0.4, -0.2) is 69.0 Å². The highest BCUT2D eigenvalue weighted by Gasteiger charge is 2.25. The topological polar surface area (TPSA) is 34.2 Å². The standard InChI is InChI=1S/C20H32N2O3/c1-3-24-16-18-14-17(4-5-20(18)23-2)15-21-8-10-22(11-9-21)19-6-12-25-13-7-19/h4-5,14,19H,3,6-13,15-16H2,1-2H3. The molecule has 2 heterocycles. The number of nitrogens with zero attached hydrogens (tertiary/aromatic N) is 2. The SMILES string of the molecule is CCOCc1cc(CN2CCN(C3CCOCC3)CC2)ccc1OC. The third-order valence-corrected chi connectivity index (χ3v) is 5.33. The molecule has 2 saturated heterocycles. The number of ether oxygens (including phenoxy) is 3. The predicted molar refractivity (Wildman–Crippen MR) is 99.0 cm³/mol. The number of benzene rings is 1. The van der Waals surface area contributed by atoms with Crippen LogP contribution in [0.5, 0.6) is 5.75 Å². The van der Waals surface area contributed by atoms with E-state index in [4.69, 9.17) is 14.2 Å². The first kappa shape index (κ1) is 18.6. The molecule has 0 aromatic heterocycles. The summed E-state index contributed by atoms with van der Waals surface area (Å²) in [6.07, 6.45) is 2.39. The maximum Gasteiger partial charge on any atom is 0.124 e. The average molecular weight is 348 g/mol. The van der Waals surface area contributed by atoms with Gasteiger partial charge in [0.2, 0.25) is 0 Å². The highest BCUT2D eigenvalue weighted by Crippen LogP contribution is 2.23. The molecular formula is C20H32N2O3. The van der Waals surface area contributed by atoms with E-state index < -0.39 is 0 Å². The first-order chi connectivity index (χ1) is 12.3. The fourth-order valence-electron chi connectivity index (χ4n) is 3.85. The second kappa shape index (κ2) is 9.53. The van der Waals surface area contributed by atoms with E-state index in [-0.39, 0.29) is 0 Å². The Morgan fingerprint density at radius 2 is 1.88 bits per heavy atom. The minimum atomic E-state index is 0.616. The van der Waals surface area contributed by atoms with E-state index in [9.17, 15) is 0 Å². The lowest BCUT2D eigenvalue weighted by atomic mass is 10.1. The van der Waals surface area contributed by atoms with E-state index in [0.717, 1.165) is 56.8 Å². The summed E-state index contributed by atoms with van der Waals surface area (Å²) in [5.41, 5.74) is 2.48. The van der Waals surface area contributed by atoms with Gasteiger partial charge in [-0.2, -0.15) is 0 Å². The van der Waals surface area contributed by atoms with Gasteiger partial charge in [0.1, 0.15) is 5.75 Å². The molecule has 0 radical (unpaired) electrons. The zero-order valence-corrected chi connectivity index (χ0v) is 15.7. The van der Waals surface area contributed by atoms with Crippen LogP contribution in [0.4, 0.5) is 0 Å². The summed E-state index contributed by atoms with van der Waals surface area (Å²) in [6, 6.07) is 7.22. The van der Waals surface area contributed by atoms with Gasteiger partial charge in [0.05, 0.1) is 13.7 Å². The molecule has 5 heteroatoms. The minimum Gasteiger partial charge on any atom is -0.496 e. The van der Waals surface area contributed by atoms with Gasteiger partial charge in [0.25, 0.3) is 0 Å². The Morgan fingerprint density at radius 3 is 2.56 bits per heavy atom. The molecular weight excluding hydrogens is 316 g/mol. The van der Waals surface area contributed by atoms with Crippen molar-refractivity contribution < 1.29 is 14.2 Å². The molecule has 1 aromatic rings. The highest BCUT2D eigenvalue weighted by atomic mass is 16.5. The quantitative estimate of drug-likeness (QED) is 0.756. The first-order valence-electron chi connectivity index (χ1n) is 9.58. The van der Waals surface area contributed by atoms with E-state index in [0.29, 0.717) is 6.61 Å². The van der Waals surface area contributed by atoms with Crippen LogP contribution in [0, 0.1) is 0 Å². The zero-order valence-electron chi connectivity index (χ0n) is 15.7. The Kier molecular flexibility index (Phi) is 7.11. The molecule has 140 valence electrons. The number of hydrogen-bond acceptors (Lipinski definition) is 5. The Bertz CT molecular complexity index is 524. The van der Waals surface area contributed by atoms with Gasteiger partial charge >= 0.3 is 0 Å². The Balaban J connectivity index is 1.52. The van der Waals surface area contributed by atoms with Crippen LogP contribution in [0.15, 0.2) is 18.2 Å². The van der Waals surface area contributed by atoms with Crippen LogP contribution >= 0.6 is 0 Å². The molecule has 0 saturated carbocycles. The lowest BCUT2D eigenvalue weighted by Crippen LogP contribution is -2.51. The summed E-state index contributed by atoms with van der Waals surface area (Å²) in [5, 5.41) is 0. The van der Waals surface area contributed by atoms with Gasteiger partial charge in [-0.25, -0.2) is 0 Å². The van der Waals surface area contributed by atoms with Gasteiger partial charge in [0, 0.05) is 64.1 Å². The molecule has 0 unspecified atom stereocenters. The monoisotopic (exact) mass is 348 g/mol. The van der Waals surface area contributed by atoms with Crippen LogP contribution < -0.4 is 4.74 Å². The third-order valence-electron chi connectivity index (χ3n) is 5.33. The van der Waals surface area contributed by atoms with Crippen molar-refractivity contribution in [2.75, 3.05) is 53.1 Å². The van der Waals surface area contributed by atoms with Crippen LogP contribution in [0.3, 0.4) is 0 Å². The molecule has 0 atom stereocenters. The molecule has 3 rings (SSSR count). The van der Waals surface area contributed by atoms with Gasteiger partial charge in [-0.1, -0.05) is 6.07 Å². The summed E-state index contributed by atoms with van der Waals surface area (Å²) in [4.78, 5) is 5.22. The molecule has 2 aliphatic heterocycles. The van der Waals surface area contributed by atoms with Gasteiger partial charge in [-0.05, 0) is 37.5 Å². The van der Waals surface area contributed by atoms with Crippen molar-refractivity contribution in [1.29, 1.82) is 0 Å². The van der Waals surface area contributed by atoms with Crippen LogP contribution in [0.2, 0.25) is 0 Å². The maximum atomic E-state index is 5.58. The third kappa shape index (κ3) is 5.17. The molecule has 2 aliphatic rings. The van der Waals surface area contributed by atoms with Gasteiger partial charge in [-0.15, -0.1) is 0 Å². The maximum absolute atomic E-state index is 5.58. The average Bonchev–Trinajstić information content (AvgIpc) is 2.68. The Morgan fingerprint density at radius 1 is 1.12 bits per heavy atom. The Labute approximate surface area is 151 Å². The smallest absolute Gasteiger partial charge is 0.124 e. The molecule has 2 fully saturated rings. The van der Waals surface area contributed by atoms with E-state index in [1.54, 1.807) is 7.11 Å². The van der Waals surface area contributed by atoms with E-state index >= 15 is 0 Å². The molecule has 0 amide bonds. The highest BCUT2D eigenvalue weighted by molar-refractivity contribution is 5.37. The van der Waals surface area contributed by atoms with Crippen molar-refractivity contribution >= 4 is 0 Å². The molecule has 0 spiro atoms. The Hall–Kier alpha value is -1.14. The van der Waals surface area contributed by atoms with E-state index in [1.165, 1.54) is 31.5 Å². The summed E-state index contributed by atoms with van der Waals surface area (Å²) in [7, 11) is 1.72. The predicted octanol–water partition coefficient (Wildman–Crippen LogP) is 2.53. The summed E-state index contributed by atoms with van der Waals surface area (Å²) < 4.78 is 16.5. The van der Waals surface area contributed by atoms with E-state index in [1.807, 2.05) is 6.92 Å². The normalized spacial score (nSPS) is 20.7. The molecule has 25 heavy (non-hydrogen) atoms. The molecule has 0 bridgehead atoms. The van der Waals surface area contributed by atoms with Gasteiger partial charge in [-0.3, -0.25) is 9.80 Å². The van der Waals surface area contributed by atoms with Crippen LogP contribution in [0.25, 0.3) is 0 Å². The van der Waals surface area contributed by atoms with E-state index in [2.05, 4.69) is 28.0 Å². The fourth-order valence-corrected chi connectivity index (χ4v) is 3.85. The summed E-state index contributed by atoms with van der Waals surface area (Å²) >= 11 is 0.